The third-order valence-electron chi connectivity index (χ3n) is 3.97. The number of carbonyl (C=O) groups is 1. The van der Waals surface area contributed by atoms with E-state index in [4.69, 9.17) is 11.1 Å². The average molecular weight is 347 g/mol. The van der Waals surface area contributed by atoms with Crippen LogP contribution < -0.4 is 21.9 Å². The van der Waals surface area contributed by atoms with Gasteiger partial charge in [-0.3, -0.25) is 10.2 Å². The lowest BCUT2D eigenvalue weighted by Gasteiger charge is -2.10. The van der Waals surface area contributed by atoms with Gasteiger partial charge in [-0.2, -0.15) is 0 Å². The Bertz CT molecular complexity index is 932. The fraction of sp³-hybridized carbons (Fsp3) is 0.100. The van der Waals surface area contributed by atoms with Gasteiger partial charge in [0.25, 0.3) is 5.91 Å². The molecule has 0 spiro atoms. The van der Waals surface area contributed by atoms with Crippen LogP contribution in [0.3, 0.4) is 0 Å². The second-order valence-corrected chi connectivity index (χ2v) is 5.83. The quantitative estimate of drug-likeness (QED) is 0.552. The minimum Gasteiger partial charge on any atom is -0.381 e. The number of nitrogens with zero attached hydrogens (tertiary/aromatic N) is 1. The summed E-state index contributed by atoms with van der Waals surface area (Å²) in [5.74, 6) is -0.234. The summed E-state index contributed by atoms with van der Waals surface area (Å²) in [6.45, 7) is 0.864. The van der Waals surface area contributed by atoms with E-state index in [-0.39, 0.29) is 18.1 Å². The fourth-order valence-electron chi connectivity index (χ4n) is 2.50. The van der Waals surface area contributed by atoms with Crippen LogP contribution in [0.5, 0.6) is 0 Å². The number of amides is 1. The summed E-state index contributed by atoms with van der Waals surface area (Å²) in [5, 5.41) is 13.9. The molecule has 1 amide bonds. The first kappa shape index (κ1) is 17.4. The van der Waals surface area contributed by atoms with E-state index in [1.54, 1.807) is 18.3 Å². The van der Waals surface area contributed by atoms with Crippen molar-refractivity contribution in [2.75, 3.05) is 10.6 Å². The second-order valence-electron chi connectivity index (χ2n) is 5.83. The maximum Gasteiger partial charge on any atom is 0.257 e. The van der Waals surface area contributed by atoms with E-state index >= 15 is 0 Å². The minimum atomic E-state index is -0.234. The van der Waals surface area contributed by atoms with Crippen molar-refractivity contribution < 1.29 is 4.79 Å². The Morgan fingerprint density at radius 2 is 1.69 bits per heavy atom. The Balaban J connectivity index is 1.62. The number of para-hydroxylation sites is 1. The van der Waals surface area contributed by atoms with Crippen molar-refractivity contribution in [3.05, 3.63) is 89.5 Å². The predicted molar refractivity (Wildman–Crippen MR) is 103 cm³/mol. The lowest BCUT2D eigenvalue weighted by Crippen LogP contribution is -2.25. The van der Waals surface area contributed by atoms with Crippen molar-refractivity contribution in [2.45, 2.75) is 13.2 Å². The van der Waals surface area contributed by atoms with Crippen LogP contribution in [0.2, 0.25) is 0 Å². The van der Waals surface area contributed by atoms with E-state index in [9.17, 15) is 4.79 Å². The number of carbonyl (C=O) groups excluding carboxylic acids is 1. The maximum atomic E-state index is 12.4. The molecule has 0 bridgehead atoms. The zero-order valence-corrected chi connectivity index (χ0v) is 14.3. The molecule has 3 rings (SSSR count). The lowest BCUT2D eigenvalue weighted by atomic mass is 10.2. The molecule has 0 fully saturated rings. The molecule has 132 valence electrons. The summed E-state index contributed by atoms with van der Waals surface area (Å²) < 4.78 is 1.51. The molecule has 3 aromatic rings. The van der Waals surface area contributed by atoms with Crippen molar-refractivity contribution in [3.8, 4) is 0 Å². The van der Waals surface area contributed by atoms with Crippen molar-refractivity contribution >= 4 is 17.3 Å². The second kappa shape index (κ2) is 8.13. The van der Waals surface area contributed by atoms with Gasteiger partial charge in [0.2, 0.25) is 0 Å². The molecule has 0 saturated heterocycles. The summed E-state index contributed by atoms with van der Waals surface area (Å²) in [6, 6.07) is 20.8. The van der Waals surface area contributed by atoms with Gasteiger partial charge in [0, 0.05) is 24.1 Å². The van der Waals surface area contributed by atoms with Gasteiger partial charge in [0.05, 0.1) is 12.2 Å². The Morgan fingerprint density at radius 1 is 0.962 bits per heavy atom. The number of benzene rings is 2. The van der Waals surface area contributed by atoms with Gasteiger partial charge in [-0.25, -0.2) is 0 Å². The molecule has 1 heterocycles. The molecule has 6 heteroatoms. The van der Waals surface area contributed by atoms with Crippen LogP contribution in [0.1, 0.15) is 15.9 Å². The number of hydrogen-bond acceptors (Lipinski definition) is 4. The van der Waals surface area contributed by atoms with E-state index in [2.05, 4.69) is 10.6 Å². The van der Waals surface area contributed by atoms with Crippen LogP contribution in [-0.4, -0.2) is 10.5 Å². The number of nitrogens with two attached hydrogens (primary N) is 1. The summed E-state index contributed by atoms with van der Waals surface area (Å²) in [5.41, 5.74) is 9.19. The van der Waals surface area contributed by atoms with Gasteiger partial charge >= 0.3 is 0 Å². The van der Waals surface area contributed by atoms with Gasteiger partial charge in [-0.1, -0.05) is 30.3 Å². The van der Waals surface area contributed by atoms with Crippen LogP contribution in [-0.2, 0) is 13.2 Å². The fourth-order valence-corrected chi connectivity index (χ4v) is 2.50. The van der Waals surface area contributed by atoms with E-state index in [0.717, 1.165) is 11.3 Å². The molecule has 2 aromatic carbocycles. The van der Waals surface area contributed by atoms with Crippen LogP contribution in [0.4, 0.5) is 11.4 Å². The highest BCUT2D eigenvalue weighted by Crippen LogP contribution is 2.13. The van der Waals surface area contributed by atoms with Crippen LogP contribution >= 0.6 is 0 Å². The Hall–Kier alpha value is -3.38. The van der Waals surface area contributed by atoms with E-state index in [0.29, 0.717) is 17.8 Å². The van der Waals surface area contributed by atoms with Gasteiger partial charge in [-0.05, 0) is 42.0 Å². The highest BCUT2D eigenvalue weighted by Gasteiger charge is 2.07. The highest BCUT2D eigenvalue weighted by atomic mass is 16.1. The van der Waals surface area contributed by atoms with Crippen LogP contribution in [0, 0.1) is 5.41 Å². The zero-order valence-electron chi connectivity index (χ0n) is 14.3. The topological polar surface area (TPSA) is 95.9 Å². The van der Waals surface area contributed by atoms with Gasteiger partial charge in [0.1, 0.15) is 5.49 Å². The summed E-state index contributed by atoms with van der Waals surface area (Å²) in [7, 11) is 0. The maximum absolute atomic E-state index is 12.4. The zero-order chi connectivity index (χ0) is 18.4. The van der Waals surface area contributed by atoms with E-state index in [1.165, 1.54) is 4.57 Å². The summed E-state index contributed by atoms with van der Waals surface area (Å²) in [6.07, 6.45) is 1.58. The number of rotatable bonds is 6. The Morgan fingerprint density at radius 3 is 2.38 bits per heavy atom. The first-order chi connectivity index (χ1) is 12.7. The molecule has 0 atom stereocenters. The molecule has 0 aliphatic carbocycles. The molecule has 0 unspecified atom stereocenters. The van der Waals surface area contributed by atoms with Gasteiger partial charge < -0.3 is 20.9 Å². The van der Waals surface area contributed by atoms with Gasteiger partial charge in [-0.15, -0.1) is 0 Å². The van der Waals surface area contributed by atoms with E-state index in [1.807, 2.05) is 54.6 Å². The van der Waals surface area contributed by atoms with Crippen LogP contribution in [0.15, 0.2) is 72.9 Å². The van der Waals surface area contributed by atoms with Crippen molar-refractivity contribution in [1.29, 1.82) is 5.41 Å². The summed E-state index contributed by atoms with van der Waals surface area (Å²) >= 11 is 0. The Kier molecular flexibility index (Phi) is 5.46. The van der Waals surface area contributed by atoms with Crippen molar-refractivity contribution in [3.63, 3.8) is 0 Å². The first-order valence-corrected chi connectivity index (χ1v) is 8.30. The van der Waals surface area contributed by atoms with E-state index < -0.39 is 0 Å². The number of hydrogen-bond donors (Lipinski definition) is 4. The molecule has 26 heavy (non-hydrogen) atoms. The number of aromatic nitrogens is 1. The third-order valence-corrected chi connectivity index (χ3v) is 3.97. The molecule has 0 saturated carbocycles. The predicted octanol–water partition coefficient (Wildman–Crippen LogP) is 2.75. The SMILES string of the molecule is N=c1ccc(C(=O)Nc2ccc(CNc3ccccc3)cc2)cn1CN. The van der Waals surface area contributed by atoms with Crippen molar-refractivity contribution in [1.82, 2.24) is 4.57 Å². The normalized spacial score (nSPS) is 10.3. The Labute approximate surface area is 151 Å². The largest absolute Gasteiger partial charge is 0.381 e. The summed E-state index contributed by atoms with van der Waals surface area (Å²) in [4.78, 5) is 12.4. The smallest absolute Gasteiger partial charge is 0.257 e. The molecule has 5 N–H and O–H groups in total. The molecule has 0 aliphatic heterocycles. The average Bonchev–Trinajstić information content (AvgIpc) is 2.68. The first-order valence-electron chi connectivity index (χ1n) is 8.30. The van der Waals surface area contributed by atoms with Crippen molar-refractivity contribution in [2.24, 2.45) is 5.73 Å². The van der Waals surface area contributed by atoms with Gasteiger partial charge in [0.15, 0.2) is 0 Å². The molecular formula is C20H21N5O. The molecular weight excluding hydrogens is 326 g/mol. The third kappa shape index (κ3) is 4.37. The molecule has 0 aliphatic rings. The standard InChI is InChI=1S/C20H21N5O/c21-14-25-13-16(8-11-19(25)22)20(26)24-18-9-6-15(7-10-18)12-23-17-4-2-1-3-5-17/h1-11,13,22-23H,12,14,21H2,(H,24,26). The number of anilines is 2. The molecule has 6 nitrogen and oxygen atoms in total. The lowest BCUT2D eigenvalue weighted by molar-refractivity contribution is 0.102. The van der Waals surface area contributed by atoms with Crippen LogP contribution in [0.25, 0.3) is 0 Å². The minimum absolute atomic E-state index is 0.156. The molecule has 1 aromatic heterocycles. The molecule has 0 radical (unpaired) electrons. The monoisotopic (exact) mass is 347 g/mol. The highest BCUT2D eigenvalue weighted by molar-refractivity contribution is 6.04. The number of nitrogens with one attached hydrogen (secondary N) is 3. The number of pyridine rings is 1.